The van der Waals surface area contributed by atoms with Gasteiger partial charge in [0.25, 0.3) is 5.91 Å². The molecule has 0 radical (unpaired) electrons. The van der Waals surface area contributed by atoms with E-state index in [0.717, 1.165) is 25.0 Å². The quantitative estimate of drug-likeness (QED) is 0.611. The summed E-state index contributed by atoms with van der Waals surface area (Å²) < 4.78 is 43.3. The molecule has 0 bridgehead atoms. The average Bonchev–Trinajstić information content (AvgIpc) is 2.77. The second kappa shape index (κ2) is 8.77. The zero-order valence-corrected chi connectivity index (χ0v) is 18.1. The predicted octanol–water partition coefficient (Wildman–Crippen LogP) is 2.89. The number of ether oxygens (including phenoxy) is 1. The van der Waals surface area contributed by atoms with E-state index in [-0.39, 0.29) is 29.5 Å². The van der Waals surface area contributed by atoms with Gasteiger partial charge in [0.15, 0.2) is 11.5 Å². The number of amides is 1. The van der Waals surface area contributed by atoms with Crippen LogP contribution in [0.2, 0.25) is 0 Å². The van der Waals surface area contributed by atoms with E-state index in [1.165, 1.54) is 7.11 Å². The Morgan fingerprint density at radius 2 is 1.85 bits per heavy atom. The van der Waals surface area contributed by atoms with Crippen LogP contribution in [0.5, 0.6) is 6.01 Å². The van der Waals surface area contributed by atoms with Crippen LogP contribution >= 0.6 is 0 Å². The highest BCUT2D eigenvalue weighted by Crippen LogP contribution is 2.31. The third-order valence-electron chi connectivity index (χ3n) is 5.21. The number of anilines is 2. The molecule has 33 heavy (non-hydrogen) atoms. The van der Waals surface area contributed by atoms with Crippen molar-refractivity contribution in [1.82, 2.24) is 25.3 Å². The van der Waals surface area contributed by atoms with E-state index in [2.05, 4.69) is 49.3 Å². The molecule has 0 unspecified atom stereocenters. The van der Waals surface area contributed by atoms with Crippen LogP contribution < -0.4 is 20.3 Å². The number of benzene rings is 1. The van der Waals surface area contributed by atoms with E-state index in [0.29, 0.717) is 17.1 Å². The summed E-state index contributed by atoms with van der Waals surface area (Å²) in [6.07, 6.45) is -1.60. The molecular formula is C21H22F3N7O2. The lowest BCUT2D eigenvalue weighted by Crippen LogP contribution is -2.54. The van der Waals surface area contributed by atoms with Gasteiger partial charge >= 0.3 is 12.2 Å². The standard InChI is InChI=1S/C21H22F3N7O2/c1-11-9-31(10-12(2)28-11)15-5-4-13(18-14(15)6-27-20(30-18)33-3)19(32)29-17-8-25-16(7-26-17)21(22,23)24/h4-8,11-12,28H,9-10H2,1-3H3,(H,26,29,32)/t11-,12-/m1/s1. The number of rotatable bonds is 4. The number of aromatic nitrogens is 4. The summed E-state index contributed by atoms with van der Waals surface area (Å²) in [6, 6.07) is 4.06. The van der Waals surface area contributed by atoms with E-state index in [9.17, 15) is 18.0 Å². The topological polar surface area (TPSA) is 105 Å². The molecule has 1 aromatic carbocycles. The zero-order chi connectivity index (χ0) is 23.8. The lowest BCUT2D eigenvalue weighted by Gasteiger charge is -2.38. The minimum atomic E-state index is -4.62. The van der Waals surface area contributed by atoms with Gasteiger partial charge in [0.2, 0.25) is 0 Å². The number of alkyl halides is 3. The summed E-state index contributed by atoms with van der Waals surface area (Å²) in [5.74, 6) is -0.709. The van der Waals surface area contributed by atoms with E-state index >= 15 is 0 Å². The second-order valence-corrected chi connectivity index (χ2v) is 7.86. The van der Waals surface area contributed by atoms with Gasteiger partial charge in [0.1, 0.15) is 0 Å². The molecule has 0 saturated carbocycles. The van der Waals surface area contributed by atoms with Crippen molar-refractivity contribution in [2.75, 3.05) is 30.4 Å². The summed E-state index contributed by atoms with van der Waals surface area (Å²) in [4.78, 5) is 30.7. The fourth-order valence-electron chi connectivity index (χ4n) is 3.89. The van der Waals surface area contributed by atoms with Gasteiger partial charge < -0.3 is 20.3 Å². The van der Waals surface area contributed by atoms with Crippen LogP contribution in [0, 0.1) is 0 Å². The van der Waals surface area contributed by atoms with Gasteiger partial charge in [-0.3, -0.25) is 4.79 Å². The summed E-state index contributed by atoms with van der Waals surface area (Å²) in [6.45, 7) is 5.71. The molecule has 2 atom stereocenters. The van der Waals surface area contributed by atoms with Crippen molar-refractivity contribution in [2.45, 2.75) is 32.1 Å². The summed E-state index contributed by atoms with van der Waals surface area (Å²) in [7, 11) is 1.42. The fraction of sp³-hybridized carbons (Fsp3) is 0.381. The van der Waals surface area contributed by atoms with E-state index in [1.807, 2.05) is 6.07 Å². The molecule has 12 heteroatoms. The first-order valence-electron chi connectivity index (χ1n) is 10.2. The molecule has 1 aliphatic rings. The molecule has 3 heterocycles. The Labute approximate surface area is 187 Å². The molecular weight excluding hydrogens is 439 g/mol. The number of nitrogens with one attached hydrogen (secondary N) is 2. The molecule has 0 spiro atoms. The maximum absolute atomic E-state index is 13.0. The van der Waals surface area contributed by atoms with Crippen LogP contribution in [0.25, 0.3) is 10.9 Å². The number of methoxy groups -OCH3 is 1. The maximum atomic E-state index is 13.0. The number of hydrogen-bond donors (Lipinski definition) is 2. The molecule has 1 amide bonds. The minimum absolute atomic E-state index is 0.0880. The van der Waals surface area contributed by atoms with E-state index in [1.54, 1.807) is 12.3 Å². The first-order valence-corrected chi connectivity index (χ1v) is 10.2. The molecule has 4 rings (SSSR count). The van der Waals surface area contributed by atoms with Crippen LogP contribution in [0.15, 0.2) is 30.7 Å². The molecule has 1 aliphatic heterocycles. The smallest absolute Gasteiger partial charge is 0.434 e. The molecule has 9 nitrogen and oxygen atoms in total. The van der Waals surface area contributed by atoms with E-state index in [4.69, 9.17) is 4.74 Å². The molecule has 1 saturated heterocycles. The number of piperazine rings is 1. The van der Waals surface area contributed by atoms with Gasteiger partial charge in [-0.05, 0) is 26.0 Å². The van der Waals surface area contributed by atoms with Crippen molar-refractivity contribution < 1.29 is 22.7 Å². The molecule has 174 valence electrons. The van der Waals surface area contributed by atoms with Crippen molar-refractivity contribution in [3.8, 4) is 6.01 Å². The number of carbonyl (C=O) groups excluding carboxylic acids is 1. The SMILES string of the molecule is COc1ncc2c(N3C[C@@H](C)N[C@H](C)C3)ccc(C(=O)Nc3cnc(C(F)(F)F)cn3)c2n1. The number of nitrogens with zero attached hydrogens (tertiary/aromatic N) is 5. The molecule has 1 fully saturated rings. The molecule has 2 aromatic heterocycles. The number of halogens is 3. The highest BCUT2D eigenvalue weighted by Gasteiger charge is 2.33. The van der Waals surface area contributed by atoms with Gasteiger partial charge in [-0.15, -0.1) is 0 Å². The number of carbonyl (C=O) groups is 1. The van der Waals surface area contributed by atoms with Gasteiger partial charge in [-0.2, -0.15) is 18.2 Å². The Hall–Kier alpha value is -3.54. The highest BCUT2D eigenvalue weighted by atomic mass is 19.4. The van der Waals surface area contributed by atoms with Crippen LogP contribution in [0.4, 0.5) is 24.7 Å². The largest absolute Gasteiger partial charge is 0.467 e. The Morgan fingerprint density at radius 3 is 2.45 bits per heavy atom. The van der Waals surface area contributed by atoms with E-state index < -0.39 is 17.8 Å². The predicted molar refractivity (Wildman–Crippen MR) is 115 cm³/mol. The van der Waals surface area contributed by atoms with Crippen molar-refractivity contribution in [3.63, 3.8) is 0 Å². The summed E-state index contributed by atoms with van der Waals surface area (Å²) >= 11 is 0. The van der Waals surface area contributed by atoms with Crippen molar-refractivity contribution >= 4 is 28.3 Å². The van der Waals surface area contributed by atoms with Gasteiger partial charge in [0.05, 0.1) is 30.6 Å². The Balaban J connectivity index is 1.69. The van der Waals surface area contributed by atoms with Crippen LogP contribution in [0.3, 0.4) is 0 Å². The third-order valence-corrected chi connectivity index (χ3v) is 5.21. The Morgan fingerprint density at radius 1 is 1.12 bits per heavy atom. The molecule has 0 aliphatic carbocycles. The second-order valence-electron chi connectivity index (χ2n) is 7.86. The van der Waals surface area contributed by atoms with Crippen molar-refractivity contribution in [2.24, 2.45) is 0 Å². The van der Waals surface area contributed by atoms with Crippen molar-refractivity contribution in [3.05, 3.63) is 42.0 Å². The summed E-state index contributed by atoms with van der Waals surface area (Å²) in [5.41, 5.74) is 0.286. The first-order chi connectivity index (χ1) is 15.7. The first kappa shape index (κ1) is 22.6. The molecule has 3 aromatic rings. The van der Waals surface area contributed by atoms with Crippen molar-refractivity contribution in [1.29, 1.82) is 0 Å². The lowest BCUT2D eigenvalue weighted by atomic mass is 10.0. The number of fused-ring (bicyclic) bond motifs is 1. The Kier molecular flexibility index (Phi) is 6.02. The van der Waals surface area contributed by atoms with Crippen LogP contribution in [0.1, 0.15) is 29.9 Å². The highest BCUT2D eigenvalue weighted by molar-refractivity contribution is 6.13. The molecule has 2 N–H and O–H groups in total. The van der Waals surface area contributed by atoms with Crippen LogP contribution in [-0.4, -0.2) is 58.1 Å². The van der Waals surface area contributed by atoms with Crippen LogP contribution in [-0.2, 0) is 6.18 Å². The third kappa shape index (κ3) is 4.80. The zero-order valence-electron chi connectivity index (χ0n) is 18.1. The monoisotopic (exact) mass is 461 g/mol. The summed E-state index contributed by atoms with van der Waals surface area (Å²) in [5, 5.41) is 6.61. The Bertz CT molecular complexity index is 1160. The van der Waals surface area contributed by atoms with Gasteiger partial charge in [-0.1, -0.05) is 0 Å². The van der Waals surface area contributed by atoms with Gasteiger partial charge in [0, 0.05) is 42.4 Å². The number of hydrogen-bond acceptors (Lipinski definition) is 8. The fourth-order valence-corrected chi connectivity index (χ4v) is 3.89. The minimum Gasteiger partial charge on any atom is -0.467 e. The van der Waals surface area contributed by atoms with Gasteiger partial charge in [-0.25, -0.2) is 15.0 Å². The lowest BCUT2D eigenvalue weighted by molar-refractivity contribution is -0.141. The average molecular weight is 461 g/mol. The normalized spacial score (nSPS) is 18.9. The maximum Gasteiger partial charge on any atom is 0.434 e.